The van der Waals surface area contributed by atoms with Crippen molar-refractivity contribution in [3.63, 3.8) is 0 Å². The molecular weight excluding hydrogens is 261 g/mol. The highest BCUT2D eigenvalue weighted by Gasteiger charge is 2.33. The summed E-state index contributed by atoms with van der Waals surface area (Å²) in [6, 6.07) is 0.915. The summed E-state index contributed by atoms with van der Waals surface area (Å²) >= 11 is 0. The maximum Gasteiger partial charge on any atom is 0.416 e. The van der Waals surface area contributed by atoms with Crippen LogP contribution in [0.4, 0.5) is 13.2 Å². The number of aromatic nitrogens is 2. The van der Waals surface area contributed by atoms with Crippen LogP contribution < -0.4 is 0 Å². The molecule has 0 spiro atoms. The number of carbonyl (C=O) groups excluding carboxylic acids is 1. The highest BCUT2D eigenvalue weighted by Crippen LogP contribution is 2.32. The van der Waals surface area contributed by atoms with Gasteiger partial charge in [-0.15, -0.1) is 0 Å². The molecule has 0 aliphatic heterocycles. The fraction of sp³-hybridized carbons (Fsp3) is 0.333. The summed E-state index contributed by atoms with van der Waals surface area (Å²) in [4.78, 5) is 15.3. The molecule has 0 aliphatic carbocycles. The van der Waals surface area contributed by atoms with Crippen LogP contribution in [0.1, 0.15) is 28.5 Å². The molecule has 0 aromatic carbocycles. The smallest absolute Gasteiger partial charge is 0.416 e. The van der Waals surface area contributed by atoms with Crippen molar-refractivity contribution in [2.24, 2.45) is 0 Å². The molecule has 0 amide bonds. The van der Waals surface area contributed by atoms with E-state index in [-0.39, 0.29) is 23.5 Å². The standard InChI is InChI=1S/C12H11F3N2O2/c1-3-19-11(18)9-6-17-5-7(2)8(12(13,14)15)4-10(17)16-9/h4-6H,3H2,1-2H3. The minimum Gasteiger partial charge on any atom is -0.461 e. The average molecular weight is 272 g/mol. The van der Waals surface area contributed by atoms with Gasteiger partial charge < -0.3 is 9.14 Å². The maximum atomic E-state index is 12.7. The van der Waals surface area contributed by atoms with Crippen molar-refractivity contribution in [1.29, 1.82) is 0 Å². The number of esters is 1. The summed E-state index contributed by atoms with van der Waals surface area (Å²) in [6.45, 7) is 3.17. The van der Waals surface area contributed by atoms with E-state index in [1.165, 1.54) is 23.7 Å². The first-order valence-electron chi connectivity index (χ1n) is 5.56. The number of fused-ring (bicyclic) bond motifs is 1. The van der Waals surface area contributed by atoms with Gasteiger partial charge in [-0.2, -0.15) is 13.2 Å². The molecule has 0 unspecified atom stereocenters. The van der Waals surface area contributed by atoms with Gasteiger partial charge in [-0.3, -0.25) is 0 Å². The Morgan fingerprint density at radius 2 is 2.11 bits per heavy atom. The first-order chi connectivity index (χ1) is 8.82. The minimum atomic E-state index is -4.44. The molecule has 2 rings (SSSR count). The molecular formula is C12H11F3N2O2. The van der Waals surface area contributed by atoms with Gasteiger partial charge in [-0.1, -0.05) is 0 Å². The summed E-state index contributed by atoms with van der Waals surface area (Å²) in [6.07, 6.45) is -1.81. The van der Waals surface area contributed by atoms with Crippen molar-refractivity contribution in [1.82, 2.24) is 9.38 Å². The van der Waals surface area contributed by atoms with Crippen molar-refractivity contribution < 1.29 is 22.7 Å². The molecule has 0 N–H and O–H groups in total. The Kier molecular flexibility index (Phi) is 3.21. The van der Waals surface area contributed by atoms with Gasteiger partial charge in [-0.05, 0) is 25.5 Å². The van der Waals surface area contributed by atoms with Gasteiger partial charge in [0.05, 0.1) is 12.2 Å². The largest absolute Gasteiger partial charge is 0.461 e. The third-order valence-corrected chi connectivity index (χ3v) is 2.58. The molecule has 7 heteroatoms. The van der Waals surface area contributed by atoms with Crippen molar-refractivity contribution in [3.05, 3.63) is 35.3 Å². The van der Waals surface area contributed by atoms with Crippen molar-refractivity contribution in [2.45, 2.75) is 20.0 Å². The van der Waals surface area contributed by atoms with E-state index in [1.807, 2.05) is 0 Å². The fourth-order valence-corrected chi connectivity index (χ4v) is 1.75. The van der Waals surface area contributed by atoms with Crippen LogP contribution in [0, 0.1) is 6.92 Å². The van der Waals surface area contributed by atoms with E-state index in [9.17, 15) is 18.0 Å². The number of carbonyl (C=O) groups is 1. The summed E-state index contributed by atoms with van der Waals surface area (Å²) in [5.74, 6) is -0.655. The monoisotopic (exact) mass is 272 g/mol. The molecule has 2 heterocycles. The number of hydrogen-bond acceptors (Lipinski definition) is 3. The second kappa shape index (κ2) is 4.56. The zero-order chi connectivity index (χ0) is 14.2. The zero-order valence-corrected chi connectivity index (χ0v) is 10.3. The van der Waals surface area contributed by atoms with Crippen LogP contribution in [-0.4, -0.2) is 22.0 Å². The molecule has 0 saturated carbocycles. The van der Waals surface area contributed by atoms with Gasteiger partial charge in [0.1, 0.15) is 5.65 Å². The number of alkyl halides is 3. The number of nitrogens with zero attached hydrogens (tertiary/aromatic N) is 2. The highest BCUT2D eigenvalue weighted by atomic mass is 19.4. The van der Waals surface area contributed by atoms with Crippen LogP contribution >= 0.6 is 0 Å². The average Bonchev–Trinajstić information content (AvgIpc) is 2.69. The Balaban J connectivity index is 2.52. The number of rotatable bonds is 2. The molecule has 2 aromatic rings. The SMILES string of the molecule is CCOC(=O)c1cn2cc(C)c(C(F)(F)F)cc2n1. The second-order valence-corrected chi connectivity index (χ2v) is 3.98. The van der Waals surface area contributed by atoms with Gasteiger partial charge in [0.15, 0.2) is 5.69 Å². The summed E-state index contributed by atoms with van der Waals surface area (Å²) in [5.41, 5.74) is -0.657. The third-order valence-electron chi connectivity index (χ3n) is 2.58. The van der Waals surface area contributed by atoms with E-state index in [0.717, 1.165) is 6.07 Å². The van der Waals surface area contributed by atoms with Crippen LogP contribution in [0.25, 0.3) is 5.65 Å². The van der Waals surface area contributed by atoms with Gasteiger partial charge in [0.25, 0.3) is 0 Å². The Hall–Kier alpha value is -2.05. The predicted octanol–water partition coefficient (Wildman–Crippen LogP) is 2.84. The third kappa shape index (κ3) is 2.54. The van der Waals surface area contributed by atoms with Crippen LogP contribution in [-0.2, 0) is 10.9 Å². The van der Waals surface area contributed by atoms with Crippen LogP contribution in [0.3, 0.4) is 0 Å². The summed E-state index contributed by atoms with van der Waals surface area (Å²) in [7, 11) is 0. The van der Waals surface area contributed by atoms with E-state index < -0.39 is 17.7 Å². The lowest BCUT2D eigenvalue weighted by atomic mass is 10.1. The first-order valence-corrected chi connectivity index (χ1v) is 5.56. The molecule has 0 radical (unpaired) electrons. The van der Waals surface area contributed by atoms with Gasteiger partial charge in [0, 0.05) is 12.4 Å². The second-order valence-electron chi connectivity index (χ2n) is 3.98. The quantitative estimate of drug-likeness (QED) is 0.789. The number of imidazole rings is 1. The van der Waals surface area contributed by atoms with E-state index >= 15 is 0 Å². The Labute approximate surface area is 106 Å². The molecule has 0 saturated heterocycles. The van der Waals surface area contributed by atoms with E-state index in [4.69, 9.17) is 4.74 Å². The number of ether oxygens (including phenoxy) is 1. The molecule has 0 aliphatic rings. The lowest BCUT2D eigenvalue weighted by molar-refractivity contribution is -0.138. The number of pyridine rings is 1. The Bertz CT molecular complexity index is 632. The lowest BCUT2D eigenvalue weighted by Gasteiger charge is -2.09. The molecule has 0 bridgehead atoms. The molecule has 0 atom stereocenters. The van der Waals surface area contributed by atoms with Crippen molar-refractivity contribution in [3.8, 4) is 0 Å². The Morgan fingerprint density at radius 1 is 1.42 bits per heavy atom. The van der Waals surface area contributed by atoms with Gasteiger partial charge in [0.2, 0.25) is 0 Å². The van der Waals surface area contributed by atoms with E-state index in [1.54, 1.807) is 6.92 Å². The maximum absolute atomic E-state index is 12.7. The number of hydrogen-bond donors (Lipinski definition) is 0. The molecule has 102 valence electrons. The molecule has 4 nitrogen and oxygen atoms in total. The summed E-state index contributed by atoms with van der Waals surface area (Å²) < 4.78 is 44.3. The van der Waals surface area contributed by atoms with Crippen molar-refractivity contribution in [2.75, 3.05) is 6.61 Å². The van der Waals surface area contributed by atoms with Crippen LogP contribution in [0.5, 0.6) is 0 Å². The van der Waals surface area contributed by atoms with E-state index in [0.29, 0.717) is 0 Å². The predicted molar refractivity (Wildman–Crippen MR) is 60.9 cm³/mol. The topological polar surface area (TPSA) is 43.6 Å². The first kappa shape index (κ1) is 13.4. The number of halogens is 3. The lowest BCUT2D eigenvalue weighted by Crippen LogP contribution is -2.08. The zero-order valence-electron chi connectivity index (χ0n) is 10.3. The fourth-order valence-electron chi connectivity index (χ4n) is 1.75. The van der Waals surface area contributed by atoms with Gasteiger partial charge in [-0.25, -0.2) is 9.78 Å². The molecule has 2 aromatic heterocycles. The Morgan fingerprint density at radius 3 is 2.68 bits per heavy atom. The summed E-state index contributed by atoms with van der Waals surface area (Å²) in [5, 5.41) is 0. The molecule has 0 fully saturated rings. The highest BCUT2D eigenvalue weighted by molar-refractivity contribution is 5.88. The molecule has 19 heavy (non-hydrogen) atoms. The van der Waals surface area contributed by atoms with Gasteiger partial charge >= 0.3 is 12.1 Å². The number of aryl methyl sites for hydroxylation is 1. The van der Waals surface area contributed by atoms with Crippen LogP contribution in [0.2, 0.25) is 0 Å². The van der Waals surface area contributed by atoms with E-state index in [2.05, 4.69) is 4.98 Å². The van der Waals surface area contributed by atoms with Crippen LogP contribution in [0.15, 0.2) is 18.5 Å². The normalized spacial score (nSPS) is 11.8. The minimum absolute atomic E-state index is 0.0134. The van der Waals surface area contributed by atoms with Crippen molar-refractivity contribution >= 4 is 11.6 Å².